The van der Waals surface area contributed by atoms with Gasteiger partial charge in [-0.1, -0.05) is 24.3 Å². The van der Waals surface area contributed by atoms with Crippen molar-refractivity contribution in [2.45, 2.75) is 70.5 Å². The van der Waals surface area contributed by atoms with Crippen molar-refractivity contribution < 1.29 is 28.5 Å². The molecule has 4 heterocycles. The van der Waals surface area contributed by atoms with Crippen LogP contribution in [0.15, 0.2) is 95.2 Å². The summed E-state index contributed by atoms with van der Waals surface area (Å²) in [5.74, 6) is 2.24. The van der Waals surface area contributed by atoms with Gasteiger partial charge >= 0.3 is 0 Å². The number of rotatable bonds is 12. The number of hydrogen-bond donors (Lipinski definition) is 1. The van der Waals surface area contributed by atoms with Gasteiger partial charge in [-0.25, -0.2) is 0 Å². The molecule has 0 spiro atoms. The van der Waals surface area contributed by atoms with Crippen LogP contribution in [0.3, 0.4) is 0 Å². The smallest absolute Gasteiger partial charge is 0.260 e. The Morgan fingerprint density at radius 3 is 1.78 bits per heavy atom. The number of methoxy groups -OCH3 is 3. The number of aryl methyl sites for hydroxylation is 1. The van der Waals surface area contributed by atoms with Crippen LogP contribution >= 0.6 is 0 Å². The van der Waals surface area contributed by atoms with Gasteiger partial charge in [-0.2, -0.15) is 0 Å². The lowest BCUT2D eigenvalue weighted by Gasteiger charge is -2.22. The first-order valence-electron chi connectivity index (χ1n) is 19.8. The molecule has 4 aromatic rings. The van der Waals surface area contributed by atoms with Crippen molar-refractivity contribution in [2.24, 2.45) is 9.98 Å². The van der Waals surface area contributed by atoms with Crippen LogP contribution in [0.5, 0.6) is 23.0 Å². The molecular weight excluding hydrogens is 731 g/mol. The Kier molecular flexibility index (Phi) is 10.5. The maximum Gasteiger partial charge on any atom is 0.260 e. The molecule has 1 N–H and O–H groups in total. The van der Waals surface area contributed by atoms with Crippen molar-refractivity contribution in [1.82, 2.24) is 9.80 Å². The van der Waals surface area contributed by atoms with Crippen LogP contribution in [0.1, 0.15) is 83.9 Å². The van der Waals surface area contributed by atoms with Crippen LogP contribution in [0.2, 0.25) is 0 Å². The molecule has 0 saturated heterocycles. The second kappa shape index (κ2) is 15.9. The van der Waals surface area contributed by atoms with E-state index in [1.807, 2.05) is 61.2 Å². The molecule has 298 valence electrons. The maximum atomic E-state index is 13.9. The van der Waals surface area contributed by atoms with E-state index in [0.717, 1.165) is 52.1 Å². The van der Waals surface area contributed by atoms with Crippen LogP contribution in [0.25, 0.3) is 11.1 Å². The highest BCUT2D eigenvalue weighted by atomic mass is 16.5. The highest BCUT2D eigenvalue weighted by Gasteiger charge is 2.35. The standard InChI is InChI=1S/C47H49N5O6/c1-47(2,3)50-34-14-10-29(11-15-34)32-19-36-26-49-41-24-44(43(57-6)23-39(41)46(54)52(36)27-32)58-18-8-7-9-31-21-40-38(22-42(31)56-5)45(53)51-28-33(20-35(51)25-48-40)30-12-16-37(55-4)17-13-30/h10-17,21-28,35-36,50H,7-9,18-20H2,1-6H3/t35-,36-/m0/s1. The largest absolute Gasteiger partial charge is 0.497 e. The number of benzene rings is 4. The minimum atomic E-state index is -0.182. The summed E-state index contributed by atoms with van der Waals surface area (Å²) < 4.78 is 23.0. The van der Waals surface area contributed by atoms with E-state index in [-0.39, 0.29) is 29.4 Å². The molecule has 0 bridgehead atoms. The maximum absolute atomic E-state index is 13.9. The summed E-state index contributed by atoms with van der Waals surface area (Å²) in [6.07, 6.45) is 11.2. The SMILES string of the molecule is COc1ccc(C2=CN3C(=O)c4cc(OC)c(CCCCOc5cc6c(cc5OC)C(=O)N5C=C(c7ccc(NC(C)(C)C)cc7)C[C@H]5C=N6)cc4N=C[C@@H]3C2)cc1. The number of nitrogens with zero attached hydrogens (tertiary/aromatic N) is 4. The molecule has 8 rings (SSSR count). The predicted molar refractivity (Wildman–Crippen MR) is 229 cm³/mol. The minimum absolute atomic E-state index is 0.0316. The number of aliphatic imine (C=N–C) groups is 2. The molecule has 2 amide bonds. The zero-order chi connectivity index (χ0) is 40.6. The normalized spacial score (nSPS) is 18.0. The summed E-state index contributed by atoms with van der Waals surface area (Å²) in [6.45, 7) is 6.83. The lowest BCUT2D eigenvalue weighted by molar-refractivity contribution is 0.0809. The number of carbonyl (C=O) groups excluding carboxylic acids is 2. The highest BCUT2D eigenvalue weighted by molar-refractivity contribution is 6.06. The Balaban J connectivity index is 0.896. The number of unbranched alkanes of at least 4 members (excludes halogenated alkanes) is 1. The molecule has 11 nitrogen and oxygen atoms in total. The fraction of sp³-hybridized carbons (Fsp3) is 0.319. The predicted octanol–water partition coefficient (Wildman–Crippen LogP) is 9.27. The van der Waals surface area contributed by atoms with Crippen LogP contribution in [-0.2, 0) is 6.42 Å². The number of amides is 2. The molecule has 11 heteroatoms. The molecule has 4 aliphatic heterocycles. The zero-order valence-corrected chi connectivity index (χ0v) is 33.9. The van der Waals surface area contributed by atoms with Crippen molar-refractivity contribution in [3.8, 4) is 23.0 Å². The third-order valence-corrected chi connectivity index (χ3v) is 10.9. The number of hydrogen-bond acceptors (Lipinski definition) is 9. The van der Waals surface area contributed by atoms with Gasteiger partial charge in [-0.05, 0) is 110 Å². The lowest BCUT2D eigenvalue weighted by Crippen LogP contribution is -2.32. The third-order valence-electron chi connectivity index (χ3n) is 10.9. The molecule has 0 radical (unpaired) electrons. The van der Waals surface area contributed by atoms with Gasteiger partial charge in [0.1, 0.15) is 11.5 Å². The topological polar surface area (TPSA) is 114 Å². The molecule has 58 heavy (non-hydrogen) atoms. The second-order valence-corrected chi connectivity index (χ2v) is 16.0. The van der Waals surface area contributed by atoms with Gasteiger partial charge in [0.25, 0.3) is 11.8 Å². The fourth-order valence-corrected chi connectivity index (χ4v) is 7.92. The summed E-state index contributed by atoms with van der Waals surface area (Å²) in [4.78, 5) is 40.8. The van der Waals surface area contributed by atoms with Crippen molar-refractivity contribution in [3.05, 3.63) is 113 Å². The second-order valence-electron chi connectivity index (χ2n) is 16.0. The molecule has 4 aliphatic rings. The summed E-state index contributed by atoms with van der Waals surface area (Å²) in [7, 11) is 4.85. The molecule has 4 aromatic carbocycles. The first-order valence-corrected chi connectivity index (χ1v) is 19.8. The van der Waals surface area contributed by atoms with E-state index in [9.17, 15) is 9.59 Å². The molecule has 0 aromatic heterocycles. The number of nitrogens with one attached hydrogen (secondary N) is 1. The molecular formula is C47H49N5O6. The monoisotopic (exact) mass is 779 g/mol. The van der Waals surface area contributed by atoms with Gasteiger partial charge in [-0.3, -0.25) is 19.6 Å². The quantitative estimate of drug-likeness (QED) is 0.143. The molecule has 0 fully saturated rings. The van der Waals surface area contributed by atoms with Gasteiger partial charge in [0.15, 0.2) is 11.5 Å². The van der Waals surface area contributed by atoms with Crippen LogP contribution < -0.4 is 24.3 Å². The van der Waals surface area contributed by atoms with Crippen molar-refractivity contribution in [2.75, 3.05) is 33.3 Å². The van der Waals surface area contributed by atoms with Crippen LogP contribution in [0.4, 0.5) is 17.1 Å². The Bertz CT molecular complexity index is 2360. The van der Waals surface area contributed by atoms with E-state index in [1.165, 1.54) is 0 Å². The highest BCUT2D eigenvalue weighted by Crippen LogP contribution is 2.41. The van der Waals surface area contributed by atoms with Crippen molar-refractivity contribution in [1.29, 1.82) is 0 Å². The summed E-state index contributed by atoms with van der Waals surface area (Å²) in [5.41, 5.74) is 8.48. The number of carbonyl (C=O) groups is 2. The summed E-state index contributed by atoms with van der Waals surface area (Å²) >= 11 is 0. The number of ether oxygens (including phenoxy) is 4. The fourth-order valence-electron chi connectivity index (χ4n) is 7.92. The molecule has 0 aliphatic carbocycles. The summed E-state index contributed by atoms with van der Waals surface area (Å²) in [5, 5.41) is 3.49. The van der Waals surface area contributed by atoms with Crippen LogP contribution in [-0.4, -0.2) is 79.6 Å². The van der Waals surface area contributed by atoms with E-state index < -0.39 is 0 Å². The molecule has 0 unspecified atom stereocenters. The first kappa shape index (κ1) is 38.5. The average Bonchev–Trinajstić information content (AvgIpc) is 3.80. The lowest BCUT2D eigenvalue weighted by atomic mass is 10.0. The van der Waals surface area contributed by atoms with Gasteiger partial charge in [0, 0.05) is 55.0 Å². The third kappa shape index (κ3) is 7.81. The van der Waals surface area contributed by atoms with E-state index >= 15 is 0 Å². The van der Waals surface area contributed by atoms with Crippen LogP contribution in [0, 0.1) is 0 Å². The van der Waals surface area contributed by atoms with Gasteiger partial charge in [-0.15, -0.1) is 0 Å². The van der Waals surface area contributed by atoms with E-state index in [1.54, 1.807) is 43.3 Å². The summed E-state index contributed by atoms with van der Waals surface area (Å²) in [6, 6.07) is 23.2. The number of fused-ring (bicyclic) bond motifs is 4. The average molecular weight is 780 g/mol. The first-order chi connectivity index (χ1) is 28.0. The van der Waals surface area contributed by atoms with Gasteiger partial charge < -0.3 is 34.1 Å². The van der Waals surface area contributed by atoms with Gasteiger partial charge in [0.05, 0.1) is 62.5 Å². The van der Waals surface area contributed by atoms with Crippen molar-refractivity contribution >= 4 is 52.5 Å². The van der Waals surface area contributed by atoms with E-state index in [0.29, 0.717) is 65.6 Å². The van der Waals surface area contributed by atoms with E-state index in [4.69, 9.17) is 28.9 Å². The Labute approximate surface area is 339 Å². The Morgan fingerprint density at radius 2 is 1.22 bits per heavy atom. The van der Waals surface area contributed by atoms with Crippen molar-refractivity contribution in [3.63, 3.8) is 0 Å². The minimum Gasteiger partial charge on any atom is -0.497 e. The van der Waals surface area contributed by atoms with Gasteiger partial charge in [0.2, 0.25) is 0 Å². The van der Waals surface area contributed by atoms with E-state index in [2.05, 4.69) is 50.4 Å². The zero-order valence-electron chi connectivity index (χ0n) is 33.9. The number of anilines is 1. The molecule has 0 saturated carbocycles. The molecule has 2 atom stereocenters. The Hall–Kier alpha value is -6.36. The Morgan fingerprint density at radius 1 is 0.672 bits per heavy atom.